The highest BCUT2D eigenvalue weighted by Crippen LogP contribution is 2.18. The Labute approximate surface area is 94.6 Å². The van der Waals surface area contributed by atoms with Crippen molar-refractivity contribution in [2.45, 2.75) is 26.3 Å². The third-order valence-electron chi connectivity index (χ3n) is 3.00. The van der Waals surface area contributed by atoms with E-state index in [-0.39, 0.29) is 11.7 Å². The first-order chi connectivity index (χ1) is 7.65. The molecule has 16 heavy (non-hydrogen) atoms. The topological polar surface area (TPSA) is 63.9 Å². The summed E-state index contributed by atoms with van der Waals surface area (Å²) in [5, 5.41) is 11.9. The number of hydrogen-bond donors (Lipinski definition) is 0. The molecule has 1 aromatic heterocycles. The average molecular weight is 223 g/mol. The molecule has 1 aliphatic rings. The van der Waals surface area contributed by atoms with E-state index in [9.17, 15) is 4.79 Å². The van der Waals surface area contributed by atoms with Gasteiger partial charge >= 0.3 is 0 Å². The lowest BCUT2D eigenvalue weighted by molar-refractivity contribution is -0.122. The van der Waals surface area contributed by atoms with Gasteiger partial charge in [0, 0.05) is 12.5 Å². The van der Waals surface area contributed by atoms with Crippen molar-refractivity contribution in [3.63, 3.8) is 0 Å². The molecule has 2 rings (SSSR count). The van der Waals surface area contributed by atoms with Crippen LogP contribution in [0.5, 0.6) is 0 Å². The number of tetrazole rings is 1. The summed E-state index contributed by atoms with van der Waals surface area (Å²) in [6.07, 6.45) is 2.09. The Balaban J connectivity index is 1.92. The van der Waals surface area contributed by atoms with Gasteiger partial charge in [-0.3, -0.25) is 9.69 Å². The fraction of sp³-hybridized carbons (Fsp3) is 0.800. The van der Waals surface area contributed by atoms with Gasteiger partial charge in [0.15, 0.2) is 5.82 Å². The molecule has 0 bridgehead atoms. The van der Waals surface area contributed by atoms with Gasteiger partial charge in [-0.2, -0.15) is 4.80 Å². The van der Waals surface area contributed by atoms with E-state index < -0.39 is 0 Å². The van der Waals surface area contributed by atoms with E-state index in [2.05, 4.69) is 20.3 Å². The molecule has 1 saturated heterocycles. The molecule has 2 heterocycles. The monoisotopic (exact) mass is 223 g/mol. The first kappa shape index (κ1) is 11.2. The Morgan fingerprint density at radius 1 is 1.56 bits per heavy atom. The zero-order valence-electron chi connectivity index (χ0n) is 9.76. The molecule has 0 N–H and O–H groups in total. The van der Waals surface area contributed by atoms with Crippen molar-refractivity contribution in [2.75, 3.05) is 13.1 Å². The summed E-state index contributed by atoms with van der Waals surface area (Å²) in [5.74, 6) is 1.20. The number of aryl methyl sites for hydroxylation is 1. The summed E-state index contributed by atoms with van der Waals surface area (Å²) in [7, 11) is 1.76. The van der Waals surface area contributed by atoms with Gasteiger partial charge in [-0.1, -0.05) is 0 Å². The highest BCUT2D eigenvalue weighted by molar-refractivity contribution is 5.78. The molecule has 6 nitrogen and oxygen atoms in total. The standard InChI is InChI=1S/C10H17N5O/c1-8(16)9-4-3-5-15(6-9)7-10-11-13-14(2)12-10/h9H,3-7H2,1-2H3. The van der Waals surface area contributed by atoms with Crippen molar-refractivity contribution >= 4 is 5.78 Å². The van der Waals surface area contributed by atoms with Crippen LogP contribution in [0, 0.1) is 5.92 Å². The van der Waals surface area contributed by atoms with Gasteiger partial charge in [0.25, 0.3) is 0 Å². The third-order valence-corrected chi connectivity index (χ3v) is 3.00. The molecular formula is C10H17N5O. The van der Waals surface area contributed by atoms with Gasteiger partial charge in [-0.05, 0) is 31.5 Å². The molecular weight excluding hydrogens is 206 g/mol. The highest BCUT2D eigenvalue weighted by Gasteiger charge is 2.23. The van der Waals surface area contributed by atoms with Gasteiger partial charge in [0.2, 0.25) is 0 Å². The molecule has 1 unspecified atom stereocenters. The lowest BCUT2D eigenvalue weighted by Gasteiger charge is -2.30. The second kappa shape index (κ2) is 4.69. The maximum absolute atomic E-state index is 11.3. The van der Waals surface area contributed by atoms with Gasteiger partial charge < -0.3 is 0 Å². The summed E-state index contributed by atoms with van der Waals surface area (Å²) < 4.78 is 0. The number of carbonyl (C=O) groups is 1. The third kappa shape index (κ3) is 2.63. The first-order valence-corrected chi connectivity index (χ1v) is 5.61. The van der Waals surface area contributed by atoms with E-state index in [1.165, 1.54) is 4.80 Å². The molecule has 1 fully saturated rings. The van der Waals surface area contributed by atoms with Crippen LogP contribution >= 0.6 is 0 Å². The van der Waals surface area contributed by atoms with Gasteiger partial charge in [0.05, 0.1) is 13.6 Å². The van der Waals surface area contributed by atoms with E-state index in [4.69, 9.17) is 0 Å². The summed E-state index contributed by atoms with van der Waals surface area (Å²) in [4.78, 5) is 15.0. The molecule has 6 heteroatoms. The molecule has 0 aliphatic carbocycles. The van der Waals surface area contributed by atoms with Crippen LogP contribution in [-0.4, -0.2) is 44.0 Å². The normalized spacial score (nSPS) is 22.2. The molecule has 88 valence electrons. The highest BCUT2D eigenvalue weighted by atomic mass is 16.1. The Bertz CT molecular complexity index is 375. The SMILES string of the molecule is CC(=O)C1CCCN(Cc2nnn(C)n2)C1. The summed E-state index contributed by atoms with van der Waals surface area (Å²) in [5.41, 5.74) is 0. The van der Waals surface area contributed by atoms with E-state index in [0.717, 1.165) is 31.8 Å². The van der Waals surface area contributed by atoms with Crippen molar-refractivity contribution in [1.82, 2.24) is 25.1 Å². The van der Waals surface area contributed by atoms with Crippen molar-refractivity contribution in [3.8, 4) is 0 Å². The number of carbonyl (C=O) groups excluding carboxylic acids is 1. The fourth-order valence-corrected chi connectivity index (χ4v) is 2.12. The molecule has 0 saturated carbocycles. The quantitative estimate of drug-likeness (QED) is 0.722. The number of hydrogen-bond acceptors (Lipinski definition) is 5. The van der Waals surface area contributed by atoms with Crippen molar-refractivity contribution in [3.05, 3.63) is 5.82 Å². The largest absolute Gasteiger partial charge is 0.300 e. The zero-order chi connectivity index (χ0) is 11.5. The van der Waals surface area contributed by atoms with E-state index >= 15 is 0 Å². The van der Waals surface area contributed by atoms with Crippen LogP contribution < -0.4 is 0 Å². The van der Waals surface area contributed by atoms with Crippen LogP contribution in [0.4, 0.5) is 0 Å². The molecule has 1 atom stereocenters. The average Bonchev–Trinajstić information content (AvgIpc) is 2.64. The predicted molar refractivity (Wildman–Crippen MR) is 57.5 cm³/mol. The molecule has 1 aromatic rings. The Hall–Kier alpha value is -1.30. The van der Waals surface area contributed by atoms with Crippen molar-refractivity contribution < 1.29 is 4.79 Å². The molecule has 0 aromatic carbocycles. The van der Waals surface area contributed by atoms with Gasteiger partial charge in [-0.15, -0.1) is 10.2 Å². The van der Waals surface area contributed by atoms with Crippen molar-refractivity contribution in [1.29, 1.82) is 0 Å². The minimum atomic E-state index is 0.186. The number of rotatable bonds is 3. The van der Waals surface area contributed by atoms with Gasteiger partial charge in [-0.25, -0.2) is 0 Å². The fourth-order valence-electron chi connectivity index (χ4n) is 2.12. The van der Waals surface area contributed by atoms with Crippen LogP contribution in [0.25, 0.3) is 0 Å². The minimum absolute atomic E-state index is 0.186. The van der Waals surface area contributed by atoms with Crippen molar-refractivity contribution in [2.24, 2.45) is 13.0 Å². The van der Waals surface area contributed by atoms with Crippen LogP contribution in [0.3, 0.4) is 0 Å². The number of Topliss-reactive ketones (excluding diaryl/α,β-unsaturated/α-hetero) is 1. The van der Waals surface area contributed by atoms with E-state index in [1.54, 1.807) is 14.0 Å². The number of likely N-dealkylation sites (tertiary alicyclic amines) is 1. The van der Waals surface area contributed by atoms with Crippen LogP contribution in [0.2, 0.25) is 0 Å². The smallest absolute Gasteiger partial charge is 0.188 e. The second-order valence-corrected chi connectivity index (χ2v) is 4.38. The number of ketones is 1. The van der Waals surface area contributed by atoms with Crippen LogP contribution in [-0.2, 0) is 18.4 Å². The van der Waals surface area contributed by atoms with Crippen LogP contribution in [0.15, 0.2) is 0 Å². The maximum atomic E-state index is 11.3. The lowest BCUT2D eigenvalue weighted by atomic mass is 9.95. The van der Waals surface area contributed by atoms with E-state index in [1.807, 2.05) is 0 Å². The summed E-state index contributed by atoms with van der Waals surface area (Å²) in [6, 6.07) is 0. The lowest BCUT2D eigenvalue weighted by Crippen LogP contribution is -2.37. The number of aromatic nitrogens is 4. The second-order valence-electron chi connectivity index (χ2n) is 4.38. The number of piperidine rings is 1. The molecule has 0 amide bonds. The maximum Gasteiger partial charge on any atom is 0.188 e. The Kier molecular flexibility index (Phi) is 3.28. The summed E-state index contributed by atoms with van der Waals surface area (Å²) in [6.45, 7) is 4.21. The first-order valence-electron chi connectivity index (χ1n) is 5.61. The number of nitrogens with zero attached hydrogens (tertiary/aromatic N) is 5. The van der Waals surface area contributed by atoms with Crippen LogP contribution in [0.1, 0.15) is 25.6 Å². The Morgan fingerprint density at radius 3 is 3.00 bits per heavy atom. The zero-order valence-corrected chi connectivity index (χ0v) is 9.76. The predicted octanol–water partition coefficient (Wildman–Crippen LogP) is 0.0111. The molecule has 1 aliphatic heterocycles. The Morgan fingerprint density at radius 2 is 2.38 bits per heavy atom. The van der Waals surface area contributed by atoms with E-state index in [0.29, 0.717) is 6.54 Å². The molecule has 0 spiro atoms. The molecule has 0 radical (unpaired) electrons. The minimum Gasteiger partial charge on any atom is -0.300 e. The van der Waals surface area contributed by atoms with Gasteiger partial charge in [0.1, 0.15) is 5.78 Å². The summed E-state index contributed by atoms with van der Waals surface area (Å²) >= 11 is 0.